The molecule has 8 nitrogen and oxygen atoms in total. The van der Waals surface area contributed by atoms with E-state index in [1.807, 2.05) is 12.0 Å². The Morgan fingerprint density at radius 3 is 2.45 bits per heavy atom. The molecule has 2 N–H and O–H groups in total. The van der Waals surface area contributed by atoms with Gasteiger partial charge in [0.1, 0.15) is 6.17 Å². The van der Waals surface area contributed by atoms with Crippen LogP contribution in [0.5, 0.6) is 0 Å². The molecule has 9 heteroatoms. The number of rotatable bonds is 4. The van der Waals surface area contributed by atoms with E-state index in [1.54, 1.807) is 0 Å². The summed E-state index contributed by atoms with van der Waals surface area (Å²) in [6, 6.07) is 0.203. The summed E-state index contributed by atoms with van der Waals surface area (Å²) in [7, 11) is 4.03. The van der Waals surface area contributed by atoms with Crippen molar-refractivity contribution < 1.29 is 23.8 Å². The number of likely N-dealkylation sites (N-methyl/N-ethyl adjacent to an activating group) is 1. The first kappa shape index (κ1) is 28.7. The van der Waals surface area contributed by atoms with E-state index in [9.17, 15) is 19.1 Å². The number of carbonyl (C=O) groups excluding carboxylic acids is 2. The first-order valence-corrected chi connectivity index (χ1v) is 16.2. The number of nitrogens with zero attached hydrogens (tertiary/aromatic N) is 3. The van der Waals surface area contributed by atoms with Crippen molar-refractivity contribution in [3.63, 3.8) is 0 Å². The average Bonchev–Trinajstić information content (AvgIpc) is 3.60. The molecule has 3 heterocycles. The molecule has 3 aliphatic heterocycles. The molecule has 3 amide bonds. The van der Waals surface area contributed by atoms with Crippen LogP contribution >= 0.6 is 0 Å². The van der Waals surface area contributed by atoms with Crippen molar-refractivity contribution in [3.05, 3.63) is 0 Å². The standard InChI is InChI=1S/C31H51FN4O4/c1-34-25-17-23(40-2)10-11-24(25)27-28(34)26(18-37)36(29(38)20-6-3-4-7-20)19-31(27)12-14-35(15-13-31)30(39)33-22-9-5-8-21(32)16-22/h20-28,37H,3-19H2,1-2H3,(H,33,39)/t21?,22?,23?,24?,25?,26-,27?,28?/m1/s1. The smallest absolute Gasteiger partial charge is 0.317 e. The van der Waals surface area contributed by atoms with Crippen LogP contribution in [0.25, 0.3) is 0 Å². The molecule has 6 aliphatic rings. The van der Waals surface area contributed by atoms with E-state index in [0.717, 1.165) is 70.6 Å². The van der Waals surface area contributed by atoms with Gasteiger partial charge in [0.2, 0.25) is 5.91 Å². The monoisotopic (exact) mass is 562 g/mol. The number of carbonyl (C=O) groups is 2. The number of ether oxygens (including phenoxy) is 1. The van der Waals surface area contributed by atoms with E-state index >= 15 is 0 Å². The lowest BCUT2D eigenvalue weighted by molar-refractivity contribution is -0.155. The summed E-state index contributed by atoms with van der Waals surface area (Å²) in [5.74, 6) is 1.23. The van der Waals surface area contributed by atoms with E-state index in [-0.39, 0.29) is 54.1 Å². The van der Waals surface area contributed by atoms with Crippen LogP contribution < -0.4 is 5.32 Å². The van der Waals surface area contributed by atoms with Gasteiger partial charge in [-0.2, -0.15) is 0 Å². The van der Waals surface area contributed by atoms with Gasteiger partial charge in [0, 0.05) is 50.8 Å². The Morgan fingerprint density at radius 1 is 1.02 bits per heavy atom. The summed E-state index contributed by atoms with van der Waals surface area (Å²) in [6.45, 7) is 2.02. The highest BCUT2D eigenvalue weighted by molar-refractivity contribution is 5.80. The van der Waals surface area contributed by atoms with Crippen LogP contribution in [0.3, 0.4) is 0 Å². The summed E-state index contributed by atoms with van der Waals surface area (Å²) >= 11 is 0. The second kappa shape index (κ2) is 11.7. The fourth-order valence-corrected chi connectivity index (χ4v) is 10.1. The zero-order valence-corrected chi connectivity index (χ0v) is 24.6. The Balaban J connectivity index is 1.24. The summed E-state index contributed by atoms with van der Waals surface area (Å²) in [5, 5.41) is 13.9. The van der Waals surface area contributed by atoms with Gasteiger partial charge in [0.15, 0.2) is 0 Å². The summed E-state index contributed by atoms with van der Waals surface area (Å²) in [4.78, 5) is 33.8. The van der Waals surface area contributed by atoms with Gasteiger partial charge >= 0.3 is 6.03 Å². The molecular formula is C31H51FN4O4. The molecule has 3 saturated carbocycles. The van der Waals surface area contributed by atoms with Gasteiger partial charge in [-0.15, -0.1) is 0 Å². The molecule has 0 aromatic rings. The first-order valence-electron chi connectivity index (χ1n) is 16.2. The number of likely N-dealkylation sites (tertiary alicyclic amines) is 3. The molecule has 3 aliphatic carbocycles. The predicted molar refractivity (Wildman–Crippen MR) is 150 cm³/mol. The summed E-state index contributed by atoms with van der Waals surface area (Å²) < 4.78 is 19.8. The minimum atomic E-state index is -0.814. The number of nitrogens with one attached hydrogen (secondary N) is 1. The second-order valence-electron chi connectivity index (χ2n) is 14.0. The zero-order chi connectivity index (χ0) is 28.0. The molecule has 8 atom stereocenters. The topological polar surface area (TPSA) is 85.4 Å². The number of amides is 3. The molecule has 0 aromatic heterocycles. The van der Waals surface area contributed by atoms with E-state index in [0.29, 0.717) is 50.4 Å². The lowest BCUT2D eigenvalue weighted by Gasteiger charge is -2.58. The zero-order valence-electron chi connectivity index (χ0n) is 24.6. The van der Waals surface area contributed by atoms with Crippen molar-refractivity contribution in [1.29, 1.82) is 0 Å². The van der Waals surface area contributed by atoms with E-state index in [1.165, 1.54) is 0 Å². The quantitative estimate of drug-likeness (QED) is 0.547. The highest BCUT2D eigenvalue weighted by Gasteiger charge is 2.64. The Hall–Kier alpha value is -1.45. The third-order valence-electron chi connectivity index (χ3n) is 12.1. The largest absolute Gasteiger partial charge is 0.394 e. The minimum absolute atomic E-state index is 0.00131. The molecule has 0 radical (unpaired) electrons. The molecule has 7 unspecified atom stereocenters. The third-order valence-corrected chi connectivity index (χ3v) is 12.1. The lowest BCUT2D eigenvalue weighted by atomic mass is 9.57. The van der Waals surface area contributed by atoms with Crippen molar-refractivity contribution in [2.45, 2.75) is 120 Å². The van der Waals surface area contributed by atoms with Crippen molar-refractivity contribution in [2.24, 2.45) is 23.2 Å². The Morgan fingerprint density at radius 2 is 1.77 bits per heavy atom. The first-order chi connectivity index (χ1) is 19.3. The van der Waals surface area contributed by atoms with Crippen LogP contribution in [0.4, 0.5) is 9.18 Å². The number of methoxy groups -OCH3 is 1. The number of hydrogen-bond donors (Lipinski definition) is 2. The van der Waals surface area contributed by atoms with Crippen molar-refractivity contribution in [3.8, 4) is 0 Å². The third kappa shape index (κ3) is 5.06. The number of hydrogen-bond acceptors (Lipinski definition) is 5. The van der Waals surface area contributed by atoms with Crippen molar-refractivity contribution >= 4 is 11.9 Å². The van der Waals surface area contributed by atoms with Gasteiger partial charge < -0.3 is 25.0 Å². The van der Waals surface area contributed by atoms with Gasteiger partial charge in [0.05, 0.1) is 18.8 Å². The van der Waals surface area contributed by atoms with Gasteiger partial charge in [-0.25, -0.2) is 9.18 Å². The molecule has 6 fully saturated rings. The second-order valence-corrected chi connectivity index (χ2v) is 14.0. The van der Waals surface area contributed by atoms with E-state index in [4.69, 9.17) is 4.74 Å². The van der Waals surface area contributed by atoms with Gasteiger partial charge in [-0.3, -0.25) is 9.69 Å². The number of halogens is 1. The van der Waals surface area contributed by atoms with E-state index in [2.05, 4.69) is 22.2 Å². The Labute approximate surface area is 239 Å². The molecule has 40 heavy (non-hydrogen) atoms. The number of urea groups is 1. The van der Waals surface area contributed by atoms with Crippen LogP contribution in [0.1, 0.15) is 83.5 Å². The van der Waals surface area contributed by atoms with Gasteiger partial charge in [-0.05, 0) is 94.9 Å². The minimum Gasteiger partial charge on any atom is -0.394 e. The number of alkyl halides is 1. The lowest BCUT2D eigenvalue weighted by Crippen LogP contribution is -2.68. The van der Waals surface area contributed by atoms with E-state index < -0.39 is 6.17 Å². The number of aliphatic hydroxyl groups is 1. The van der Waals surface area contributed by atoms with Crippen LogP contribution in [0.15, 0.2) is 0 Å². The number of fused-ring (bicyclic) bond motifs is 4. The average molecular weight is 563 g/mol. The van der Waals surface area contributed by atoms with Crippen LogP contribution in [-0.2, 0) is 9.53 Å². The maximum Gasteiger partial charge on any atom is 0.317 e. The molecule has 3 saturated heterocycles. The number of aliphatic hydroxyl groups excluding tert-OH is 1. The number of piperidine rings is 2. The predicted octanol–water partition coefficient (Wildman–Crippen LogP) is 3.57. The van der Waals surface area contributed by atoms with Crippen LogP contribution in [0, 0.1) is 23.2 Å². The fourth-order valence-electron chi connectivity index (χ4n) is 10.1. The SMILES string of the molecule is COC1CCC2C(C1)N(C)C1C2C2(CCN(C(=O)NC3CCCC(F)C3)CC2)CN(C(=O)C2CCCC2)[C@@H]1CO. The maximum absolute atomic E-state index is 14.0. The normalized spacial score (nSPS) is 40.2. The molecular weight excluding hydrogens is 511 g/mol. The highest BCUT2D eigenvalue weighted by Crippen LogP contribution is 2.58. The van der Waals surface area contributed by atoms with Crippen LogP contribution in [-0.4, -0.2) is 109 Å². The Kier molecular flexibility index (Phi) is 8.36. The molecule has 226 valence electrons. The van der Waals surface area contributed by atoms with Crippen LogP contribution in [0.2, 0.25) is 0 Å². The summed E-state index contributed by atoms with van der Waals surface area (Å²) in [5.41, 5.74) is -0.0656. The maximum atomic E-state index is 14.0. The van der Waals surface area contributed by atoms with Crippen molar-refractivity contribution in [2.75, 3.05) is 40.4 Å². The molecule has 0 bridgehead atoms. The van der Waals surface area contributed by atoms with Gasteiger partial charge in [-0.1, -0.05) is 12.8 Å². The molecule has 1 spiro atoms. The summed E-state index contributed by atoms with van der Waals surface area (Å²) in [6.07, 6.45) is 11.2. The van der Waals surface area contributed by atoms with Crippen molar-refractivity contribution in [1.82, 2.24) is 20.0 Å². The molecule has 0 aromatic carbocycles. The highest BCUT2D eigenvalue weighted by atomic mass is 19.1. The molecule has 6 rings (SSSR count). The fraction of sp³-hybridized carbons (Fsp3) is 0.935. The van der Waals surface area contributed by atoms with Gasteiger partial charge in [0.25, 0.3) is 0 Å². The Bertz CT molecular complexity index is 923.